The van der Waals surface area contributed by atoms with Crippen molar-refractivity contribution < 1.29 is 19.5 Å². The molecule has 0 aliphatic carbocycles. The molecule has 170 valence electrons. The van der Waals surface area contributed by atoms with Gasteiger partial charge in [0.25, 0.3) is 0 Å². The number of nitrogens with one attached hydrogen (secondary N) is 2. The summed E-state index contributed by atoms with van der Waals surface area (Å²) in [4.78, 5) is 35.6. The number of hydrogen-bond donors (Lipinski definition) is 3. The van der Waals surface area contributed by atoms with E-state index in [1.54, 1.807) is 0 Å². The average Bonchev–Trinajstić information content (AvgIpc) is 2.84. The second-order valence-electron chi connectivity index (χ2n) is 7.77. The molecule has 0 aromatic heterocycles. The van der Waals surface area contributed by atoms with E-state index in [0.29, 0.717) is 0 Å². The maximum atomic E-state index is 13.1. The van der Waals surface area contributed by atoms with Crippen molar-refractivity contribution in [2.45, 2.75) is 24.7 Å². The van der Waals surface area contributed by atoms with Crippen LogP contribution in [0.1, 0.15) is 36.0 Å². The van der Waals surface area contributed by atoms with Gasteiger partial charge >= 0.3 is 5.97 Å². The van der Waals surface area contributed by atoms with Gasteiger partial charge in [-0.1, -0.05) is 91.0 Å². The fraction of sp³-hybridized carbons (Fsp3) is 0.222. The first kappa shape index (κ1) is 23.7. The van der Waals surface area contributed by atoms with Gasteiger partial charge in [0.1, 0.15) is 0 Å². The molecule has 0 aliphatic rings. The quantitative estimate of drug-likeness (QED) is 0.395. The monoisotopic (exact) mass is 444 g/mol. The number of benzene rings is 3. The van der Waals surface area contributed by atoms with Crippen LogP contribution in [0, 0.1) is 0 Å². The van der Waals surface area contributed by atoms with Crippen molar-refractivity contribution in [3.63, 3.8) is 0 Å². The second-order valence-corrected chi connectivity index (χ2v) is 7.77. The SMILES string of the molecule is O=C(O)CCNC(=O)CCNC(=O)CC(c1ccccc1)(c1ccccc1)c1ccccc1. The summed E-state index contributed by atoms with van der Waals surface area (Å²) >= 11 is 0. The number of carbonyl (C=O) groups is 3. The second kappa shape index (κ2) is 11.6. The number of hydrogen-bond acceptors (Lipinski definition) is 3. The van der Waals surface area contributed by atoms with Crippen LogP contribution in [-0.4, -0.2) is 36.0 Å². The summed E-state index contributed by atoms with van der Waals surface area (Å²) in [6, 6.07) is 29.8. The van der Waals surface area contributed by atoms with E-state index in [-0.39, 0.29) is 44.2 Å². The zero-order valence-corrected chi connectivity index (χ0v) is 18.4. The van der Waals surface area contributed by atoms with Crippen LogP contribution in [0.25, 0.3) is 0 Å². The fourth-order valence-electron chi connectivity index (χ4n) is 3.99. The van der Waals surface area contributed by atoms with Gasteiger partial charge in [0.2, 0.25) is 11.8 Å². The molecule has 2 amide bonds. The number of carbonyl (C=O) groups excluding carboxylic acids is 2. The minimum absolute atomic E-state index is 0.0707. The van der Waals surface area contributed by atoms with Crippen LogP contribution in [0.15, 0.2) is 91.0 Å². The van der Waals surface area contributed by atoms with E-state index < -0.39 is 11.4 Å². The normalized spacial score (nSPS) is 10.9. The molecule has 3 rings (SSSR count). The lowest BCUT2D eigenvalue weighted by atomic mass is 9.67. The summed E-state index contributed by atoms with van der Waals surface area (Å²) in [5.41, 5.74) is 2.31. The predicted octanol–water partition coefficient (Wildman–Crippen LogP) is 3.51. The summed E-state index contributed by atoms with van der Waals surface area (Å²) in [6.07, 6.45) is 0.123. The Kier molecular flexibility index (Phi) is 8.36. The Morgan fingerprint density at radius 1 is 0.606 bits per heavy atom. The van der Waals surface area contributed by atoms with Gasteiger partial charge < -0.3 is 15.7 Å². The minimum atomic E-state index is -0.970. The lowest BCUT2D eigenvalue weighted by Crippen LogP contribution is -2.38. The highest BCUT2D eigenvalue weighted by atomic mass is 16.4. The standard InChI is InChI=1S/C27H28N2O4/c30-24(28-19-17-26(32)33)16-18-29-25(31)20-27(21-10-4-1-5-11-21,22-12-6-2-7-13-22)23-14-8-3-9-15-23/h1-15H,16-20H2,(H,28,30)(H,29,31)(H,32,33). The lowest BCUT2D eigenvalue weighted by molar-refractivity contribution is -0.137. The highest BCUT2D eigenvalue weighted by Crippen LogP contribution is 2.42. The van der Waals surface area contributed by atoms with Crippen molar-refractivity contribution in [2.24, 2.45) is 0 Å². The Labute approximate surface area is 193 Å². The van der Waals surface area contributed by atoms with Gasteiger partial charge in [0, 0.05) is 25.9 Å². The molecule has 0 saturated heterocycles. The third-order valence-electron chi connectivity index (χ3n) is 5.56. The summed E-state index contributed by atoms with van der Waals surface area (Å²) in [5.74, 6) is -1.44. The molecule has 0 bridgehead atoms. The van der Waals surface area contributed by atoms with Crippen LogP contribution in [0.3, 0.4) is 0 Å². The van der Waals surface area contributed by atoms with E-state index >= 15 is 0 Å². The van der Waals surface area contributed by atoms with Crippen molar-refractivity contribution in [2.75, 3.05) is 13.1 Å². The highest BCUT2D eigenvalue weighted by molar-refractivity contribution is 5.81. The van der Waals surface area contributed by atoms with Crippen LogP contribution in [-0.2, 0) is 19.8 Å². The molecule has 0 atom stereocenters. The molecule has 33 heavy (non-hydrogen) atoms. The van der Waals surface area contributed by atoms with Crippen molar-refractivity contribution in [3.8, 4) is 0 Å². The number of carboxylic acids is 1. The van der Waals surface area contributed by atoms with Gasteiger partial charge in [-0.25, -0.2) is 0 Å². The Balaban J connectivity index is 1.81. The van der Waals surface area contributed by atoms with Crippen LogP contribution in [0.5, 0.6) is 0 Å². The Bertz CT molecular complexity index is 957. The first-order valence-corrected chi connectivity index (χ1v) is 10.9. The van der Waals surface area contributed by atoms with Gasteiger partial charge in [-0.15, -0.1) is 0 Å². The van der Waals surface area contributed by atoms with E-state index in [4.69, 9.17) is 5.11 Å². The van der Waals surface area contributed by atoms with E-state index in [9.17, 15) is 14.4 Å². The zero-order valence-electron chi connectivity index (χ0n) is 18.4. The van der Waals surface area contributed by atoms with E-state index in [2.05, 4.69) is 10.6 Å². The Hall–Kier alpha value is -3.93. The number of amides is 2. The summed E-state index contributed by atoms with van der Waals surface area (Å²) in [5, 5.41) is 14.1. The largest absolute Gasteiger partial charge is 0.481 e. The van der Waals surface area contributed by atoms with Crippen LogP contribution < -0.4 is 10.6 Å². The summed E-state index contributed by atoms with van der Waals surface area (Å²) in [6.45, 7) is 0.243. The molecule has 6 nitrogen and oxygen atoms in total. The van der Waals surface area contributed by atoms with Gasteiger partial charge in [0.05, 0.1) is 11.8 Å². The van der Waals surface area contributed by atoms with Gasteiger partial charge in [-0.3, -0.25) is 14.4 Å². The Morgan fingerprint density at radius 2 is 1.00 bits per heavy atom. The molecule has 0 radical (unpaired) electrons. The molecule has 0 unspecified atom stereocenters. The molecular formula is C27H28N2O4. The number of rotatable bonds is 11. The first-order chi connectivity index (χ1) is 16.0. The maximum Gasteiger partial charge on any atom is 0.305 e. The number of carboxylic acid groups (broad SMARTS) is 1. The van der Waals surface area contributed by atoms with Crippen LogP contribution in [0.2, 0.25) is 0 Å². The zero-order chi connectivity index (χ0) is 23.5. The minimum Gasteiger partial charge on any atom is -0.481 e. The molecule has 0 aliphatic heterocycles. The Morgan fingerprint density at radius 3 is 1.42 bits per heavy atom. The molecule has 6 heteroatoms. The van der Waals surface area contributed by atoms with E-state index in [1.165, 1.54) is 0 Å². The molecule has 3 aromatic rings. The third-order valence-corrected chi connectivity index (χ3v) is 5.56. The molecule has 0 saturated carbocycles. The molecular weight excluding hydrogens is 416 g/mol. The molecule has 0 spiro atoms. The third kappa shape index (κ3) is 6.29. The van der Waals surface area contributed by atoms with Crippen molar-refractivity contribution in [3.05, 3.63) is 108 Å². The molecule has 0 fully saturated rings. The van der Waals surface area contributed by atoms with E-state index in [1.807, 2.05) is 91.0 Å². The topological polar surface area (TPSA) is 95.5 Å². The summed E-state index contributed by atoms with van der Waals surface area (Å²) < 4.78 is 0. The molecule has 3 aromatic carbocycles. The molecule has 3 N–H and O–H groups in total. The van der Waals surface area contributed by atoms with Crippen LogP contribution >= 0.6 is 0 Å². The first-order valence-electron chi connectivity index (χ1n) is 10.9. The van der Waals surface area contributed by atoms with Crippen molar-refractivity contribution in [1.29, 1.82) is 0 Å². The molecule has 0 heterocycles. The van der Waals surface area contributed by atoms with E-state index in [0.717, 1.165) is 16.7 Å². The van der Waals surface area contributed by atoms with Crippen molar-refractivity contribution in [1.82, 2.24) is 10.6 Å². The smallest absolute Gasteiger partial charge is 0.305 e. The average molecular weight is 445 g/mol. The number of aliphatic carboxylic acids is 1. The highest BCUT2D eigenvalue weighted by Gasteiger charge is 2.38. The lowest BCUT2D eigenvalue weighted by Gasteiger charge is -2.35. The van der Waals surface area contributed by atoms with Gasteiger partial charge in [-0.05, 0) is 16.7 Å². The summed E-state index contributed by atoms with van der Waals surface area (Å²) in [7, 11) is 0. The van der Waals surface area contributed by atoms with Gasteiger partial charge in [-0.2, -0.15) is 0 Å². The van der Waals surface area contributed by atoms with Crippen LogP contribution in [0.4, 0.5) is 0 Å². The van der Waals surface area contributed by atoms with Crippen molar-refractivity contribution >= 4 is 17.8 Å². The maximum absolute atomic E-state index is 13.1. The predicted molar refractivity (Wildman–Crippen MR) is 127 cm³/mol. The fourth-order valence-corrected chi connectivity index (χ4v) is 3.99. The van der Waals surface area contributed by atoms with Gasteiger partial charge in [0.15, 0.2) is 0 Å².